The van der Waals surface area contributed by atoms with Crippen molar-refractivity contribution < 1.29 is 13.2 Å². The Bertz CT molecular complexity index is 1220. The Balaban J connectivity index is 1.43. The van der Waals surface area contributed by atoms with E-state index in [1.165, 1.54) is 34.2 Å². The van der Waals surface area contributed by atoms with Crippen LogP contribution in [0.1, 0.15) is 22.4 Å². The fourth-order valence-electron chi connectivity index (χ4n) is 3.76. The van der Waals surface area contributed by atoms with E-state index in [9.17, 15) is 8.42 Å². The highest BCUT2D eigenvalue weighted by atomic mass is 35.5. The molecule has 0 spiro atoms. The highest BCUT2D eigenvalue weighted by Gasteiger charge is 2.31. The third-order valence-corrected chi connectivity index (χ3v) is 8.85. The summed E-state index contributed by atoms with van der Waals surface area (Å²) in [6.45, 7) is 6.16. The van der Waals surface area contributed by atoms with E-state index in [4.69, 9.17) is 21.3 Å². The molecule has 2 heterocycles. The van der Waals surface area contributed by atoms with Gasteiger partial charge in [0.25, 0.3) is 0 Å². The molecule has 1 aliphatic rings. The predicted molar refractivity (Wildman–Crippen MR) is 130 cm³/mol. The van der Waals surface area contributed by atoms with Gasteiger partial charge in [-0.1, -0.05) is 29.8 Å². The maximum Gasteiger partial charge on any atom is 0.246 e. The second-order valence-corrected chi connectivity index (χ2v) is 11.1. The van der Waals surface area contributed by atoms with Crippen molar-refractivity contribution in [2.75, 3.05) is 38.2 Å². The fraction of sp³-hybridized carbons (Fsp3) is 0.348. The van der Waals surface area contributed by atoms with Crippen molar-refractivity contribution in [1.29, 1.82) is 0 Å². The number of nitrogens with zero attached hydrogens (tertiary/aromatic N) is 3. The van der Waals surface area contributed by atoms with Crippen LogP contribution in [-0.4, -0.2) is 51.0 Å². The SMILES string of the molecule is COc1ccc(Cl)cc1S(=O)(=O)N1CCN(c2nc(Cc3ccc(C)c(C)c3)cs2)CC1. The van der Waals surface area contributed by atoms with Gasteiger partial charge in [0.15, 0.2) is 5.13 Å². The molecular formula is C23H26ClN3O3S2. The highest BCUT2D eigenvalue weighted by molar-refractivity contribution is 7.89. The average molecular weight is 492 g/mol. The zero-order chi connectivity index (χ0) is 22.9. The van der Waals surface area contributed by atoms with Crippen LogP contribution < -0.4 is 9.64 Å². The Hall–Kier alpha value is -2.13. The number of rotatable bonds is 6. The first-order valence-electron chi connectivity index (χ1n) is 10.4. The molecule has 1 aliphatic heterocycles. The Kier molecular flexibility index (Phi) is 6.76. The lowest BCUT2D eigenvalue weighted by Crippen LogP contribution is -2.48. The number of benzene rings is 2. The number of ether oxygens (including phenoxy) is 1. The van der Waals surface area contributed by atoms with Crippen LogP contribution in [0.2, 0.25) is 5.02 Å². The number of piperazine rings is 1. The second-order valence-electron chi connectivity index (χ2n) is 7.90. The summed E-state index contributed by atoms with van der Waals surface area (Å²) in [5.41, 5.74) is 4.85. The van der Waals surface area contributed by atoms with Crippen molar-refractivity contribution in [3.8, 4) is 5.75 Å². The van der Waals surface area contributed by atoms with Crippen LogP contribution >= 0.6 is 22.9 Å². The molecule has 1 aromatic heterocycles. The summed E-state index contributed by atoms with van der Waals surface area (Å²) in [7, 11) is -2.24. The first-order valence-corrected chi connectivity index (χ1v) is 13.1. The quantitative estimate of drug-likeness (QED) is 0.507. The predicted octanol–water partition coefficient (Wildman–Crippen LogP) is 4.52. The normalized spacial score (nSPS) is 15.2. The Labute approximate surface area is 198 Å². The Morgan fingerprint density at radius 3 is 2.50 bits per heavy atom. The number of sulfonamides is 1. The standard InChI is InChI=1S/C23H26ClN3O3S2/c1-16-4-5-18(12-17(16)2)13-20-15-31-23(25-20)26-8-10-27(11-9-26)32(28,29)22-14-19(24)6-7-21(22)30-3/h4-7,12,14-15H,8-11,13H2,1-3H3. The first kappa shape index (κ1) is 23.0. The van der Waals surface area contributed by atoms with Gasteiger partial charge in [0, 0.05) is 43.0 Å². The van der Waals surface area contributed by atoms with Crippen LogP contribution in [0.15, 0.2) is 46.7 Å². The van der Waals surface area contributed by atoms with Gasteiger partial charge in [0.1, 0.15) is 10.6 Å². The maximum absolute atomic E-state index is 13.2. The molecule has 1 saturated heterocycles. The largest absolute Gasteiger partial charge is 0.495 e. The van der Waals surface area contributed by atoms with Gasteiger partial charge in [-0.15, -0.1) is 11.3 Å². The molecular weight excluding hydrogens is 466 g/mol. The van der Waals surface area contributed by atoms with Gasteiger partial charge in [-0.3, -0.25) is 0 Å². The number of thiazole rings is 1. The smallest absolute Gasteiger partial charge is 0.246 e. The number of methoxy groups -OCH3 is 1. The lowest BCUT2D eigenvalue weighted by molar-refractivity contribution is 0.374. The number of anilines is 1. The lowest BCUT2D eigenvalue weighted by atomic mass is 10.0. The molecule has 0 aliphatic carbocycles. The molecule has 0 atom stereocenters. The van der Waals surface area contributed by atoms with Gasteiger partial charge in [0.2, 0.25) is 10.0 Å². The van der Waals surface area contributed by atoms with E-state index in [-0.39, 0.29) is 4.90 Å². The van der Waals surface area contributed by atoms with Crippen LogP contribution in [0.25, 0.3) is 0 Å². The van der Waals surface area contributed by atoms with Crippen LogP contribution in [0, 0.1) is 13.8 Å². The van der Waals surface area contributed by atoms with Crippen LogP contribution in [-0.2, 0) is 16.4 Å². The second kappa shape index (κ2) is 9.39. The third kappa shape index (κ3) is 4.78. The summed E-state index contributed by atoms with van der Waals surface area (Å²) in [4.78, 5) is 7.06. The van der Waals surface area contributed by atoms with Crippen LogP contribution in [0.5, 0.6) is 5.75 Å². The van der Waals surface area contributed by atoms with Gasteiger partial charge >= 0.3 is 0 Å². The zero-order valence-corrected chi connectivity index (χ0v) is 20.7. The molecule has 0 unspecified atom stereocenters. The summed E-state index contributed by atoms with van der Waals surface area (Å²) >= 11 is 7.65. The first-order chi connectivity index (χ1) is 15.3. The van der Waals surface area contributed by atoms with Crippen molar-refractivity contribution in [3.05, 3.63) is 69.2 Å². The molecule has 0 N–H and O–H groups in total. The summed E-state index contributed by atoms with van der Waals surface area (Å²) in [6.07, 6.45) is 0.792. The molecule has 9 heteroatoms. The molecule has 2 aromatic carbocycles. The maximum atomic E-state index is 13.2. The highest BCUT2D eigenvalue weighted by Crippen LogP contribution is 2.31. The van der Waals surface area contributed by atoms with E-state index >= 15 is 0 Å². The summed E-state index contributed by atoms with van der Waals surface area (Å²) in [5.74, 6) is 0.299. The molecule has 3 aromatic rings. The van der Waals surface area contributed by atoms with Gasteiger partial charge < -0.3 is 9.64 Å². The molecule has 0 bridgehead atoms. The summed E-state index contributed by atoms with van der Waals surface area (Å²) in [6, 6.07) is 11.2. The van der Waals surface area contributed by atoms with E-state index in [2.05, 4.69) is 42.3 Å². The Morgan fingerprint density at radius 2 is 1.81 bits per heavy atom. The minimum Gasteiger partial charge on any atom is -0.495 e. The number of aryl methyl sites for hydroxylation is 2. The minimum atomic E-state index is -3.70. The van der Waals surface area contributed by atoms with Gasteiger partial charge in [0.05, 0.1) is 12.8 Å². The van der Waals surface area contributed by atoms with Crippen molar-refractivity contribution in [1.82, 2.24) is 9.29 Å². The molecule has 0 amide bonds. The molecule has 4 rings (SSSR count). The minimum absolute atomic E-state index is 0.103. The average Bonchev–Trinajstić information content (AvgIpc) is 3.25. The van der Waals surface area contributed by atoms with Gasteiger partial charge in [-0.25, -0.2) is 13.4 Å². The van der Waals surface area contributed by atoms with Crippen LogP contribution in [0.4, 0.5) is 5.13 Å². The monoisotopic (exact) mass is 491 g/mol. The van der Waals surface area contributed by atoms with Crippen molar-refractivity contribution >= 4 is 38.1 Å². The van der Waals surface area contributed by atoms with E-state index in [0.29, 0.717) is 37.0 Å². The lowest BCUT2D eigenvalue weighted by Gasteiger charge is -2.34. The molecule has 1 fully saturated rings. The molecule has 32 heavy (non-hydrogen) atoms. The third-order valence-electron chi connectivity index (χ3n) is 5.75. The van der Waals surface area contributed by atoms with Crippen molar-refractivity contribution in [2.24, 2.45) is 0 Å². The molecule has 6 nitrogen and oxygen atoms in total. The summed E-state index contributed by atoms with van der Waals surface area (Å²) < 4.78 is 33.1. The molecule has 0 radical (unpaired) electrons. The number of halogens is 1. The Morgan fingerprint density at radius 1 is 1.06 bits per heavy atom. The van der Waals surface area contributed by atoms with Gasteiger partial charge in [-0.05, 0) is 48.7 Å². The van der Waals surface area contributed by atoms with Crippen molar-refractivity contribution in [2.45, 2.75) is 25.2 Å². The number of hydrogen-bond donors (Lipinski definition) is 0. The van der Waals surface area contributed by atoms with E-state index in [1.54, 1.807) is 23.5 Å². The van der Waals surface area contributed by atoms with Gasteiger partial charge in [-0.2, -0.15) is 4.31 Å². The molecule has 0 saturated carbocycles. The van der Waals surface area contributed by atoms with E-state index < -0.39 is 10.0 Å². The number of hydrogen-bond acceptors (Lipinski definition) is 6. The van der Waals surface area contributed by atoms with Crippen molar-refractivity contribution in [3.63, 3.8) is 0 Å². The summed E-state index contributed by atoms with van der Waals surface area (Å²) in [5, 5.41) is 3.38. The number of aromatic nitrogens is 1. The topological polar surface area (TPSA) is 62.7 Å². The van der Waals surface area contributed by atoms with E-state index in [0.717, 1.165) is 17.2 Å². The van der Waals surface area contributed by atoms with Crippen LogP contribution in [0.3, 0.4) is 0 Å². The zero-order valence-electron chi connectivity index (χ0n) is 18.3. The van der Waals surface area contributed by atoms with E-state index in [1.807, 2.05) is 0 Å². The molecule has 170 valence electrons. The fourth-order valence-corrected chi connectivity index (χ4v) is 6.48.